The van der Waals surface area contributed by atoms with Crippen LogP contribution in [-0.4, -0.2) is 56.2 Å². The number of nitrogens with one attached hydrogen (secondary N) is 3. The number of carbonyl (C=O) groups is 1. The van der Waals surface area contributed by atoms with Gasteiger partial charge in [0.25, 0.3) is 0 Å². The second kappa shape index (κ2) is 17.8. The fraction of sp³-hybridized carbons (Fsp3) is 0.538. The van der Waals surface area contributed by atoms with Gasteiger partial charge >= 0.3 is 57.4 Å². The quantitative estimate of drug-likeness (QED) is 0.0952. The van der Waals surface area contributed by atoms with E-state index in [0.717, 1.165) is 38.3 Å². The first-order chi connectivity index (χ1) is 9.66. The molecule has 0 unspecified atom stereocenters. The van der Waals surface area contributed by atoms with Crippen LogP contribution in [0.25, 0.3) is 0 Å². The zero-order chi connectivity index (χ0) is 15.1. The van der Waals surface area contributed by atoms with Crippen molar-refractivity contribution in [2.45, 2.75) is 6.92 Å². The molecule has 0 aromatic rings. The van der Waals surface area contributed by atoms with Crippen molar-refractivity contribution in [3.05, 3.63) is 24.4 Å². The average molecular weight is 322 g/mol. The molecule has 0 aliphatic carbocycles. The van der Waals surface area contributed by atoms with Crippen molar-refractivity contribution in [2.75, 3.05) is 39.3 Å². The van der Waals surface area contributed by atoms with Crippen LogP contribution in [0.3, 0.4) is 0 Å². The van der Waals surface area contributed by atoms with E-state index >= 15 is 0 Å². The second-order valence-electron chi connectivity index (χ2n) is 3.85. The summed E-state index contributed by atoms with van der Waals surface area (Å²) in [6, 6.07) is 0. The molecule has 0 bridgehead atoms. The van der Waals surface area contributed by atoms with E-state index in [4.69, 9.17) is 5.11 Å². The summed E-state index contributed by atoms with van der Waals surface area (Å²) in [6.07, 6.45) is 5.57. The van der Waals surface area contributed by atoms with Gasteiger partial charge in [-0.05, 0) is 25.1 Å². The van der Waals surface area contributed by atoms with Gasteiger partial charge in [-0.3, -0.25) is 4.99 Å². The summed E-state index contributed by atoms with van der Waals surface area (Å²) in [5.41, 5.74) is 0. The van der Waals surface area contributed by atoms with Crippen LogP contribution >= 0.6 is 0 Å². The average Bonchev–Trinajstić information content (AvgIpc) is 2.42. The number of carboxylic acid groups (broad SMARTS) is 1. The summed E-state index contributed by atoms with van der Waals surface area (Å²) >= 11 is 0. The van der Waals surface area contributed by atoms with Crippen molar-refractivity contribution < 1.29 is 66.4 Å². The van der Waals surface area contributed by atoms with Gasteiger partial charge in [0, 0.05) is 38.8 Å². The molecule has 114 valence electrons. The molecule has 0 amide bonds. The van der Waals surface area contributed by atoms with E-state index in [1.807, 2.05) is 19.2 Å². The number of aliphatic carboxylic acids is 1. The Labute approximate surface area is 168 Å². The topological polar surface area (TPSA) is 109 Å². The fourth-order valence-electron chi connectivity index (χ4n) is 1.23. The number of allylic oxidation sites excluding steroid dienone is 1. The van der Waals surface area contributed by atoms with E-state index in [9.17, 15) is 9.90 Å². The van der Waals surface area contributed by atoms with Crippen molar-refractivity contribution in [3.63, 3.8) is 0 Å². The summed E-state index contributed by atoms with van der Waals surface area (Å²) in [5, 5.41) is 28.8. The van der Waals surface area contributed by atoms with E-state index in [-0.39, 0.29) is 51.4 Å². The molecular formula is C13H23KN4O3. The van der Waals surface area contributed by atoms with Crippen molar-refractivity contribution in [1.82, 2.24) is 16.0 Å². The van der Waals surface area contributed by atoms with Crippen LogP contribution in [0.4, 0.5) is 0 Å². The molecule has 8 heteroatoms. The summed E-state index contributed by atoms with van der Waals surface area (Å²) in [6.45, 7) is 6.27. The molecule has 0 saturated heterocycles. The summed E-state index contributed by atoms with van der Waals surface area (Å²) < 4.78 is 0. The normalized spacial score (nSPS) is 11.8. The van der Waals surface area contributed by atoms with Crippen LogP contribution in [0.2, 0.25) is 0 Å². The molecular weight excluding hydrogens is 299 g/mol. The molecule has 0 aliphatic rings. The summed E-state index contributed by atoms with van der Waals surface area (Å²) in [4.78, 5) is 13.8. The first-order valence-corrected chi connectivity index (χ1v) is 6.55. The van der Waals surface area contributed by atoms with Crippen LogP contribution in [-0.2, 0) is 4.79 Å². The van der Waals surface area contributed by atoms with Crippen molar-refractivity contribution in [1.29, 1.82) is 0 Å². The van der Waals surface area contributed by atoms with Gasteiger partial charge in [0.05, 0.1) is 6.54 Å². The number of aliphatic imine (C=N–C) groups is 1. The molecule has 0 rings (SSSR count). The van der Waals surface area contributed by atoms with Gasteiger partial charge < -0.3 is 26.2 Å². The summed E-state index contributed by atoms with van der Waals surface area (Å²) in [5.74, 6) is -1.68. The monoisotopic (exact) mass is 322 g/mol. The van der Waals surface area contributed by atoms with E-state index < -0.39 is 11.9 Å². The van der Waals surface area contributed by atoms with E-state index in [1.54, 1.807) is 0 Å². The predicted octanol–water partition coefficient (Wildman–Crippen LogP) is -4.31. The molecule has 0 fully saturated rings. The molecule has 0 aromatic carbocycles. The van der Waals surface area contributed by atoms with Gasteiger partial charge in [-0.2, -0.15) is 0 Å². The zero-order valence-electron chi connectivity index (χ0n) is 12.8. The largest absolute Gasteiger partial charge is 1.00 e. The van der Waals surface area contributed by atoms with Gasteiger partial charge in [-0.25, -0.2) is 4.79 Å². The fourth-order valence-corrected chi connectivity index (χ4v) is 1.23. The summed E-state index contributed by atoms with van der Waals surface area (Å²) in [7, 11) is 0. The molecule has 0 saturated carbocycles. The Kier molecular flexibility index (Phi) is 19.6. The van der Waals surface area contributed by atoms with Crippen LogP contribution in [0.15, 0.2) is 29.4 Å². The molecule has 21 heavy (non-hydrogen) atoms. The van der Waals surface area contributed by atoms with Gasteiger partial charge in [-0.1, -0.05) is 6.08 Å². The van der Waals surface area contributed by atoms with Gasteiger partial charge in [0.1, 0.15) is 0 Å². The Balaban J connectivity index is 0. The smallest absolute Gasteiger partial charge is 0.859 e. The maximum atomic E-state index is 11.0. The molecule has 4 N–H and O–H groups in total. The third-order valence-electron chi connectivity index (χ3n) is 2.13. The number of hydrogen-bond acceptors (Lipinski definition) is 6. The maximum Gasteiger partial charge on any atom is 1.00 e. The molecule has 0 aliphatic heterocycles. The number of carboxylic acids is 1. The second-order valence-corrected chi connectivity index (χ2v) is 3.85. The maximum absolute atomic E-state index is 11.0. The number of hydrogen-bond donors (Lipinski definition) is 4. The minimum atomic E-state index is -1.15. The Morgan fingerprint density at radius 3 is 2.38 bits per heavy atom. The zero-order valence-corrected chi connectivity index (χ0v) is 15.9. The third-order valence-corrected chi connectivity index (χ3v) is 2.13. The molecule has 0 radical (unpaired) electrons. The predicted molar refractivity (Wildman–Crippen MR) is 77.6 cm³/mol. The van der Waals surface area contributed by atoms with Gasteiger partial charge in [-0.15, -0.1) is 0 Å². The van der Waals surface area contributed by atoms with Crippen molar-refractivity contribution in [3.8, 4) is 0 Å². The minimum Gasteiger partial charge on any atom is -0.859 e. The first kappa shape index (κ1) is 23.0. The van der Waals surface area contributed by atoms with E-state index in [0.29, 0.717) is 13.1 Å². The first-order valence-electron chi connectivity index (χ1n) is 6.55. The minimum absolute atomic E-state index is 0. The van der Waals surface area contributed by atoms with E-state index in [1.165, 1.54) is 0 Å². The van der Waals surface area contributed by atoms with Crippen molar-refractivity contribution in [2.24, 2.45) is 4.99 Å². The third kappa shape index (κ3) is 19.8. The van der Waals surface area contributed by atoms with Crippen molar-refractivity contribution >= 4 is 11.9 Å². The van der Waals surface area contributed by atoms with Crippen LogP contribution in [0.5, 0.6) is 0 Å². The van der Waals surface area contributed by atoms with Gasteiger partial charge in [0.15, 0.2) is 0 Å². The Bertz CT molecular complexity index is 346. The SMILES string of the molecule is C/C=C/NCCNCCNCCN=C([O-])/C=C/C(=O)O.[K+]. The number of nitrogens with zero attached hydrogens (tertiary/aromatic N) is 1. The van der Waals surface area contributed by atoms with Crippen LogP contribution in [0.1, 0.15) is 6.92 Å². The molecule has 0 aromatic heterocycles. The molecule has 7 nitrogen and oxygen atoms in total. The van der Waals surface area contributed by atoms with E-state index in [2.05, 4.69) is 20.9 Å². The van der Waals surface area contributed by atoms with Crippen LogP contribution < -0.4 is 72.4 Å². The van der Waals surface area contributed by atoms with Crippen LogP contribution in [0, 0.1) is 0 Å². The standard InChI is InChI=1S/C13H24N4O3.K/c1-2-5-14-6-7-15-8-9-16-10-11-17-12(18)3-4-13(19)20;/h2-5,14-16H,6-11H2,1H3,(H,17,18)(H,19,20);/q;+1/p-1/b4-3+,5-2+;. The molecule has 0 heterocycles. The van der Waals surface area contributed by atoms with Gasteiger partial charge in [0.2, 0.25) is 0 Å². The number of rotatable bonds is 12. The Morgan fingerprint density at radius 2 is 1.76 bits per heavy atom. The molecule has 0 atom stereocenters. The Morgan fingerprint density at radius 1 is 1.14 bits per heavy atom. The molecule has 0 spiro atoms. The Hall–Kier alpha value is -0.224.